The van der Waals surface area contributed by atoms with E-state index in [0.29, 0.717) is 6.10 Å². The number of nitrogen functional groups attached to an aromatic ring is 1. The lowest BCUT2D eigenvalue weighted by Crippen LogP contribution is -2.38. The third-order valence-corrected chi connectivity index (χ3v) is 3.56. The Labute approximate surface area is 114 Å². The fraction of sp³-hybridized carbons (Fsp3) is 0.692. The Hall–Kier alpha value is -1.40. The van der Waals surface area contributed by atoms with E-state index in [4.69, 9.17) is 10.6 Å². The van der Waals surface area contributed by atoms with Crippen molar-refractivity contribution in [3.63, 3.8) is 0 Å². The summed E-state index contributed by atoms with van der Waals surface area (Å²) in [6.07, 6.45) is 4.92. The summed E-state index contributed by atoms with van der Waals surface area (Å²) >= 11 is 0. The first kappa shape index (κ1) is 14.0. The predicted molar refractivity (Wildman–Crippen MR) is 76.1 cm³/mol. The van der Waals surface area contributed by atoms with Crippen LogP contribution < -0.4 is 16.2 Å². The van der Waals surface area contributed by atoms with Crippen molar-refractivity contribution in [3.8, 4) is 0 Å². The fourth-order valence-corrected chi connectivity index (χ4v) is 2.60. The molecule has 2 heterocycles. The molecule has 1 aromatic rings. The second-order valence-electron chi connectivity index (χ2n) is 4.66. The third kappa shape index (κ3) is 3.13. The fourth-order valence-electron chi connectivity index (χ4n) is 2.60. The molecule has 19 heavy (non-hydrogen) atoms. The summed E-state index contributed by atoms with van der Waals surface area (Å²) in [7, 11) is 0. The van der Waals surface area contributed by atoms with E-state index in [1.807, 2.05) is 6.92 Å². The second kappa shape index (κ2) is 6.68. The van der Waals surface area contributed by atoms with Gasteiger partial charge >= 0.3 is 0 Å². The highest BCUT2D eigenvalue weighted by Crippen LogP contribution is 2.26. The number of anilines is 2. The Morgan fingerprint density at radius 3 is 2.68 bits per heavy atom. The largest absolute Gasteiger partial charge is 0.378 e. The van der Waals surface area contributed by atoms with E-state index in [2.05, 4.69) is 27.2 Å². The van der Waals surface area contributed by atoms with Crippen LogP contribution in [0.4, 0.5) is 11.6 Å². The monoisotopic (exact) mass is 265 g/mol. The van der Waals surface area contributed by atoms with Crippen LogP contribution >= 0.6 is 0 Å². The molecule has 1 saturated heterocycles. The summed E-state index contributed by atoms with van der Waals surface area (Å²) in [5.41, 5.74) is 3.74. The molecule has 0 aromatic carbocycles. The van der Waals surface area contributed by atoms with Gasteiger partial charge in [-0.05, 0) is 26.2 Å². The van der Waals surface area contributed by atoms with Gasteiger partial charge in [-0.1, -0.05) is 6.92 Å². The van der Waals surface area contributed by atoms with E-state index < -0.39 is 0 Å². The van der Waals surface area contributed by atoms with Crippen LogP contribution in [0, 0.1) is 0 Å². The summed E-state index contributed by atoms with van der Waals surface area (Å²) in [5.74, 6) is 7.23. The third-order valence-electron chi connectivity index (χ3n) is 3.56. The van der Waals surface area contributed by atoms with Crippen LogP contribution in [-0.4, -0.2) is 35.8 Å². The van der Waals surface area contributed by atoms with E-state index in [0.717, 1.165) is 56.2 Å². The predicted octanol–water partition coefficient (Wildman–Crippen LogP) is 1.33. The van der Waals surface area contributed by atoms with Crippen molar-refractivity contribution in [3.05, 3.63) is 11.9 Å². The topological polar surface area (TPSA) is 76.3 Å². The van der Waals surface area contributed by atoms with E-state index >= 15 is 0 Å². The summed E-state index contributed by atoms with van der Waals surface area (Å²) in [6.45, 7) is 6.87. The Balaban J connectivity index is 2.11. The molecule has 0 spiro atoms. The van der Waals surface area contributed by atoms with Crippen LogP contribution in [0.15, 0.2) is 6.33 Å². The summed E-state index contributed by atoms with van der Waals surface area (Å²) < 4.78 is 5.68. The highest BCUT2D eigenvalue weighted by atomic mass is 16.5. The van der Waals surface area contributed by atoms with Crippen molar-refractivity contribution in [2.24, 2.45) is 5.84 Å². The SMILES string of the molecule is CCOC1CCN(c2ncnc(NN)c2CC)CC1. The summed E-state index contributed by atoms with van der Waals surface area (Å²) in [6, 6.07) is 0. The minimum Gasteiger partial charge on any atom is -0.378 e. The molecule has 1 fully saturated rings. The first-order valence-corrected chi connectivity index (χ1v) is 6.97. The standard InChI is InChI=1S/C13H23N5O/c1-3-11-12(17-14)15-9-16-13(11)18-7-5-10(6-8-18)19-4-2/h9-10H,3-8,14H2,1-2H3,(H,15,16,17). The van der Waals surface area contributed by atoms with Crippen molar-refractivity contribution in [1.82, 2.24) is 9.97 Å². The van der Waals surface area contributed by atoms with Crippen molar-refractivity contribution in [2.45, 2.75) is 39.2 Å². The van der Waals surface area contributed by atoms with E-state index in [1.54, 1.807) is 6.33 Å². The molecule has 106 valence electrons. The van der Waals surface area contributed by atoms with Crippen LogP contribution in [0.1, 0.15) is 32.3 Å². The second-order valence-corrected chi connectivity index (χ2v) is 4.66. The van der Waals surface area contributed by atoms with Gasteiger partial charge in [0, 0.05) is 25.3 Å². The molecule has 0 bridgehead atoms. The van der Waals surface area contributed by atoms with Gasteiger partial charge in [-0.2, -0.15) is 0 Å². The highest BCUT2D eigenvalue weighted by molar-refractivity contribution is 5.58. The van der Waals surface area contributed by atoms with Crippen molar-refractivity contribution < 1.29 is 4.74 Å². The van der Waals surface area contributed by atoms with Gasteiger partial charge in [0.15, 0.2) is 0 Å². The molecule has 0 aliphatic carbocycles. The van der Waals surface area contributed by atoms with Crippen LogP contribution in [0.25, 0.3) is 0 Å². The Kier molecular flexibility index (Phi) is 4.93. The molecule has 0 radical (unpaired) electrons. The maximum absolute atomic E-state index is 5.68. The molecule has 0 saturated carbocycles. The van der Waals surface area contributed by atoms with Gasteiger partial charge in [0.25, 0.3) is 0 Å². The molecule has 3 N–H and O–H groups in total. The van der Waals surface area contributed by atoms with Crippen molar-refractivity contribution in [1.29, 1.82) is 0 Å². The quantitative estimate of drug-likeness (QED) is 0.618. The van der Waals surface area contributed by atoms with Crippen molar-refractivity contribution >= 4 is 11.6 Å². The molecule has 6 nitrogen and oxygen atoms in total. The number of hydrazine groups is 1. The highest BCUT2D eigenvalue weighted by Gasteiger charge is 2.22. The van der Waals surface area contributed by atoms with Gasteiger partial charge in [0.2, 0.25) is 0 Å². The molecule has 0 amide bonds. The van der Waals surface area contributed by atoms with Crippen LogP contribution in [0.3, 0.4) is 0 Å². The normalized spacial score (nSPS) is 16.7. The van der Waals surface area contributed by atoms with Crippen LogP contribution in [-0.2, 0) is 11.2 Å². The zero-order valence-corrected chi connectivity index (χ0v) is 11.7. The molecule has 0 atom stereocenters. The average Bonchev–Trinajstić information content (AvgIpc) is 2.47. The zero-order valence-electron chi connectivity index (χ0n) is 11.7. The van der Waals surface area contributed by atoms with Gasteiger partial charge < -0.3 is 15.1 Å². The number of ether oxygens (including phenoxy) is 1. The minimum atomic E-state index is 0.389. The maximum atomic E-state index is 5.68. The van der Waals surface area contributed by atoms with E-state index in [1.165, 1.54) is 0 Å². The maximum Gasteiger partial charge on any atom is 0.148 e. The van der Waals surface area contributed by atoms with Gasteiger partial charge in [-0.3, -0.25) is 0 Å². The lowest BCUT2D eigenvalue weighted by molar-refractivity contribution is 0.0458. The number of hydrogen-bond acceptors (Lipinski definition) is 6. The van der Waals surface area contributed by atoms with Gasteiger partial charge in [-0.25, -0.2) is 15.8 Å². The number of nitrogens with two attached hydrogens (primary N) is 1. The average molecular weight is 265 g/mol. The van der Waals surface area contributed by atoms with E-state index in [9.17, 15) is 0 Å². The van der Waals surface area contributed by atoms with Crippen LogP contribution in [0.5, 0.6) is 0 Å². The molecule has 0 unspecified atom stereocenters. The molecule has 2 rings (SSSR count). The number of nitrogens with zero attached hydrogens (tertiary/aromatic N) is 3. The molecular formula is C13H23N5O. The van der Waals surface area contributed by atoms with Gasteiger partial charge in [0.05, 0.1) is 6.10 Å². The number of aromatic nitrogens is 2. The van der Waals surface area contributed by atoms with E-state index in [-0.39, 0.29) is 0 Å². The number of piperidine rings is 1. The van der Waals surface area contributed by atoms with Gasteiger partial charge in [-0.15, -0.1) is 0 Å². The smallest absolute Gasteiger partial charge is 0.148 e. The number of rotatable bonds is 5. The Morgan fingerprint density at radius 2 is 2.11 bits per heavy atom. The number of nitrogens with one attached hydrogen (secondary N) is 1. The lowest BCUT2D eigenvalue weighted by Gasteiger charge is -2.33. The van der Waals surface area contributed by atoms with Crippen LogP contribution in [0.2, 0.25) is 0 Å². The minimum absolute atomic E-state index is 0.389. The Morgan fingerprint density at radius 1 is 1.37 bits per heavy atom. The first-order chi connectivity index (χ1) is 9.30. The van der Waals surface area contributed by atoms with Crippen molar-refractivity contribution in [2.75, 3.05) is 30.0 Å². The van der Waals surface area contributed by atoms with Gasteiger partial charge in [0.1, 0.15) is 18.0 Å². The summed E-state index contributed by atoms with van der Waals surface area (Å²) in [4.78, 5) is 10.9. The first-order valence-electron chi connectivity index (χ1n) is 6.97. The lowest BCUT2D eigenvalue weighted by atomic mass is 10.1. The Bertz CT molecular complexity index is 404. The zero-order chi connectivity index (χ0) is 13.7. The summed E-state index contributed by atoms with van der Waals surface area (Å²) in [5, 5.41) is 0. The molecule has 1 aliphatic heterocycles. The molecule has 6 heteroatoms. The molecular weight excluding hydrogens is 242 g/mol. The molecule has 1 aliphatic rings. The molecule has 1 aromatic heterocycles. The number of hydrogen-bond donors (Lipinski definition) is 2.